The number of halogens is 1. The molecule has 0 fully saturated rings. The third kappa shape index (κ3) is 3.09. The summed E-state index contributed by atoms with van der Waals surface area (Å²) in [5.41, 5.74) is 2.67. The van der Waals surface area contributed by atoms with E-state index in [-0.39, 0.29) is 0 Å². The van der Waals surface area contributed by atoms with E-state index in [1.807, 2.05) is 38.2 Å². The first-order valence-corrected chi connectivity index (χ1v) is 7.10. The number of aryl methyl sites for hydroxylation is 2. The topological polar surface area (TPSA) is 47.3 Å². The van der Waals surface area contributed by atoms with Crippen LogP contribution in [0.2, 0.25) is 0 Å². The van der Waals surface area contributed by atoms with Gasteiger partial charge in [-0.25, -0.2) is 4.68 Å². The van der Waals surface area contributed by atoms with Crippen LogP contribution in [-0.4, -0.2) is 22.0 Å². The Morgan fingerprint density at radius 2 is 2.00 bits per heavy atom. The van der Waals surface area contributed by atoms with Gasteiger partial charge in [-0.1, -0.05) is 12.1 Å². The summed E-state index contributed by atoms with van der Waals surface area (Å²) in [5, 5.41) is 14.7. The van der Waals surface area contributed by atoms with Crippen molar-refractivity contribution in [3.8, 4) is 5.88 Å². The minimum atomic E-state index is -0.608. The number of aliphatic hydroxyl groups excluding tert-OH is 1. The fraction of sp³-hybridized carbons (Fsp3) is 0.357. The molecular weight excluding hydrogens is 355 g/mol. The van der Waals surface area contributed by atoms with E-state index in [2.05, 4.69) is 27.7 Å². The van der Waals surface area contributed by atoms with Gasteiger partial charge in [0.1, 0.15) is 0 Å². The maximum absolute atomic E-state index is 10.4. The van der Waals surface area contributed by atoms with Crippen LogP contribution in [0.4, 0.5) is 0 Å². The normalized spacial score (nSPS) is 12.5. The quantitative estimate of drug-likeness (QED) is 0.840. The summed E-state index contributed by atoms with van der Waals surface area (Å²) in [6.45, 7) is 1.88. The van der Waals surface area contributed by atoms with Crippen molar-refractivity contribution in [1.29, 1.82) is 0 Å². The van der Waals surface area contributed by atoms with Crippen LogP contribution in [0.15, 0.2) is 24.3 Å². The third-order valence-corrected chi connectivity index (χ3v) is 3.80. The second-order valence-corrected chi connectivity index (χ2v) is 5.72. The number of aromatic nitrogens is 2. The molecule has 1 unspecified atom stereocenters. The molecule has 4 nitrogen and oxygen atoms in total. The lowest BCUT2D eigenvalue weighted by Gasteiger charge is -2.12. The van der Waals surface area contributed by atoms with E-state index in [0.29, 0.717) is 12.3 Å². The van der Waals surface area contributed by atoms with Gasteiger partial charge in [-0.15, -0.1) is 0 Å². The summed E-state index contributed by atoms with van der Waals surface area (Å²) < 4.78 is 8.15. The Kier molecular flexibility index (Phi) is 4.46. The number of aliphatic hydroxyl groups is 1. The average molecular weight is 372 g/mol. The molecule has 2 rings (SSSR count). The molecule has 19 heavy (non-hydrogen) atoms. The first-order chi connectivity index (χ1) is 9.02. The highest BCUT2D eigenvalue weighted by Gasteiger charge is 2.21. The second kappa shape index (κ2) is 5.92. The summed E-state index contributed by atoms with van der Waals surface area (Å²) >= 11 is 2.27. The Balaban J connectivity index is 2.24. The van der Waals surface area contributed by atoms with Crippen LogP contribution in [0.1, 0.15) is 22.9 Å². The molecule has 1 heterocycles. The number of methoxy groups -OCH3 is 1. The van der Waals surface area contributed by atoms with Gasteiger partial charge < -0.3 is 9.84 Å². The summed E-state index contributed by atoms with van der Waals surface area (Å²) in [5.74, 6) is 0.621. The van der Waals surface area contributed by atoms with Crippen molar-refractivity contribution in [3.05, 3.63) is 44.7 Å². The van der Waals surface area contributed by atoms with Crippen LogP contribution in [0.5, 0.6) is 5.88 Å². The van der Waals surface area contributed by atoms with E-state index in [9.17, 15) is 5.11 Å². The number of hydrogen-bond acceptors (Lipinski definition) is 3. The first kappa shape index (κ1) is 14.3. The van der Waals surface area contributed by atoms with Crippen LogP contribution < -0.4 is 4.74 Å². The minimum absolute atomic E-state index is 0.555. The van der Waals surface area contributed by atoms with Crippen LogP contribution in [0.25, 0.3) is 0 Å². The second-order valence-electron chi connectivity index (χ2n) is 4.48. The van der Waals surface area contributed by atoms with Gasteiger partial charge in [0.2, 0.25) is 5.88 Å². The van der Waals surface area contributed by atoms with Gasteiger partial charge in [0.25, 0.3) is 0 Å². The van der Waals surface area contributed by atoms with Crippen molar-refractivity contribution in [2.45, 2.75) is 19.4 Å². The van der Waals surface area contributed by atoms with Gasteiger partial charge in [0.15, 0.2) is 0 Å². The molecule has 1 N–H and O–H groups in total. The molecule has 0 amide bonds. The first-order valence-electron chi connectivity index (χ1n) is 6.03. The van der Waals surface area contributed by atoms with Crippen molar-refractivity contribution in [2.75, 3.05) is 7.11 Å². The molecule has 0 aliphatic rings. The molecule has 102 valence electrons. The van der Waals surface area contributed by atoms with Gasteiger partial charge in [0, 0.05) is 17.0 Å². The maximum Gasteiger partial charge on any atom is 0.217 e. The molecule has 0 saturated heterocycles. The lowest BCUT2D eigenvalue weighted by Crippen LogP contribution is -2.05. The predicted molar refractivity (Wildman–Crippen MR) is 82.3 cm³/mol. The van der Waals surface area contributed by atoms with Crippen molar-refractivity contribution < 1.29 is 9.84 Å². The van der Waals surface area contributed by atoms with E-state index < -0.39 is 6.10 Å². The number of hydrogen-bond donors (Lipinski definition) is 1. The van der Waals surface area contributed by atoms with Crippen LogP contribution in [0.3, 0.4) is 0 Å². The van der Waals surface area contributed by atoms with Gasteiger partial charge >= 0.3 is 0 Å². The SMILES string of the molecule is COc1c(C(O)Cc2ccc(I)cc2)c(C)nn1C. The van der Waals surface area contributed by atoms with Crippen LogP contribution >= 0.6 is 22.6 Å². The monoisotopic (exact) mass is 372 g/mol. The number of ether oxygens (including phenoxy) is 1. The zero-order valence-corrected chi connectivity index (χ0v) is 13.4. The van der Waals surface area contributed by atoms with E-state index in [0.717, 1.165) is 16.8 Å². The molecule has 0 saturated carbocycles. The third-order valence-electron chi connectivity index (χ3n) is 3.08. The summed E-state index contributed by atoms with van der Waals surface area (Å²) in [6.07, 6.45) is -0.0523. The van der Waals surface area contributed by atoms with Gasteiger partial charge in [-0.3, -0.25) is 0 Å². The Labute approximate surface area is 126 Å². The lowest BCUT2D eigenvalue weighted by molar-refractivity contribution is 0.172. The standard InChI is InChI=1S/C14H17IN2O2/c1-9-13(14(19-3)17(2)16-9)12(18)8-10-4-6-11(15)7-5-10/h4-7,12,18H,8H2,1-3H3. The molecular formula is C14H17IN2O2. The molecule has 0 radical (unpaired) electrons. The van der Waals surface area contributed by atoms with Crippen LogP contribution in [0, 0.1) is 10.5 Å². The van der Waals surface area contributed by atoms with E-state index in [1.54, 1.807) is 11.8 Å². The lowest BCUT2D eigenvalue weighted by atomic mass is 10.0. The largest absolute Gasteiger partial charge is 0.481 e. The zero-order valence-electron chi connectivity index (χ0n) is 11.2. The Bertz CT molecular complexity index is 564. The maximum atomic E-state index is 10.4. The fourth-order valence-electron chi connectivity index (χ4n) is 2.22. The van der Waals surface area contributed by atoms with Crippen molar-refractivity contribution in [3.63, 3.8) is 0 Å². The summed E-state index contributed by atoms with van der Waals surface area (Å²) in [7, 11) is 3.41. The molecule has 1 aromatic heterocycles. The highest BCUT2D eigenvalue weighted by atomic mass is 127. The molecule has 0 aliphatic carbocycles. The van der Waals surface area contributed by atoms with Crippen molar-refractivity contribution in [2.24, 2.45) is 7.05 Å². The molecule has 1 aromatic carbocycles. The van der Waals surface area contributed by atoms with Crippen molar-refractivity contribution in [1.82, 2.24) is 9.78 Å². The summed E-state index contributed by atoms with van der Waals surface area (Å²) in [6, 6.07) is 8.14. The van der Waals surface area contributed by atoms with E-state index in [4.69, 9.17) is 4.74 Å². The van der Waals surface area contributed by atoms with Crippen molar-refractivity contribution >= 4 is 22.6 Å². The molecule has 1 atom stereocenters. The fourth-order valence-corrected chi connectivity index (χ4v) is 2.58. The number of benzene rings is 1. The minimum Gasteiger partial charge on any atom is -0.481 e. The van der Waals surface area contributed by atoms with Gasteiger partial charge in [0.05, 0.1) is 24.5 Å². The van der Waals surface area contributed by atoms with E-state index in [1.165, 1.54) is 3.57 Å². The Morgan fingerprint density at radius 3 is 2.58 bits per heavy atom. The summed E-state index contributed by atoms with van der Waals surface area (Å²) in [4.78, 5) is 0. The average Bonchev–Trinajstić information content (AvgIpc) is 2.66. The van der Waals surface area contributed by atoms with Gasteiger partial charge in [-0.05, 0) is 47.2 Å². The Morgan fingerprint density at radius 1 is 1.37 bits per heavy atom. The van der Waals surface area contributed by atoms with E-state index >= 15 is 0 Å². The number of nitrogens with zero attached hydrogens (tertiary/aromatic N) is 2. The molecule has 0 spiro atoms. The van der Waals surface area contributed by atoms with Crippen LogP contribution in [-0.2, 0) is 13.5 Å². The predicted octanol–water partition coefficient (Wildman–Crippen LogP) is 2.62. The Hall–Kier alpha value is -1.08. The molecule has 0 bridgehead atoms. The highest BCUT2D eigenvalue weighted by Crippen LogP contribution is 2.30. The molecule has 5 heteroatoms. The smallest absolute Gasteiger partial charge is 0.217 e. The number of rotatable bonds is 4. The molecule has 2 aromatic rings. The zero-order chi connectivity index (χ0) is 14.0. The van der Waals surface area contributed by atoms with Gasteiger partial charge in [-0.2, -0.15) is 5.10 Å². The molecule has 0 aliphatic heterocycles. The highest BCUT2D eigenvalue weighted by molar-refractivity contribution is 14.1.